The number of hydrogen-bond donors (Lipinski definition) is 2. The average molecular weight is 226 g/mol. The molecular weight excluding hydrogens is 216 g/mol. The largest absolute Gasteiger partial charge is 0.373 e. The van der Waals surface area contributed by atoms with Crippen molar-refractivity contribution in [2.75, 3.05) is 17.7 Å². The second-order valence-corrected chi connectivity index (χ2v) is 3.21. The Hall–Kier alpha value is -2.68. The van der Waals surface area contributed by atoms with Gasteiger partial charge in [0.15, 0.2) is 5.69 Å². The summed E-state index contributed by atoms with van der Waals surface area (Å²) in [6.45, 7) is 0. The molecule has 0 amide bonds. The maximum atomic E-state index is 8.59. The van der Waals surface area contributed by atoms with Crippen LogP contribution < -0.4 is 10.6 Å². The molecule has 2 heterocycles. The minimum absolute atomic E-state index is 0.291. The van der Waals surface area contributed by atoms with Crippen molar-refractivity contribution in [3.63, 3.8) is 0 Å². The molecule has 0 bridgehead atoms. The van der Waals surface area contributed by atoms with E-state index in [2.05, 4.69) is 25.6 Å². The Bertz CT molecular complexity index is 525. The number of rotatable bonds is 3. The summed E-state index contributed by atoms with van der Waals surface area (Å²) in [5.74, 6) is 1.37. The van der Waals surface area contributed by atoms with Crippen LogP contribution in [-0.2, 0) is 0 Å². The lowest BCUT2D eigenvalue weighted by Crippen LogP contribution is -1.97. The van der Waals surface area contributed by atoms with E-state index in [1.807, 2.05) is 25.2 Å². The molecule has 2 N–H and O–H groups in total. The quantitative estimate of drug-likeness (QED) is 0.825. The third kappa shape index (κ3) is 2.66. The second kappa shape index (κ2) is 4.90. The molecule has 0 spiro atoms. The summed E-state index contributed by atoms with van der Waals surface area (Å²) in [5, 5.41) is 14.5. The Morgan fingerprint density at radius 2 is 1.88 bits per heavy atom. The first-order chi connectivity index (χ1) is 8.31. The highest BCUT2D eigenvalue weighted by molar-refractivity contribution is 5.56. The number of nitrogens with one attached hydrogen (secondary N) is 2. The van der Waals surface area contributed by atoms with Gasteiger partial charge < -0.3 is 10.6 Å². The van der Waals surface area contributed by atoms with Gasteiger partial charge in [-0.25, -0.2) is 15.0 Å². The van der Waals surface area contributed by atoms with E-state index in [1.54, 1.807) is 6.20 Å². The Morgan fingerprint density at radius 1 is 1.06 bits per heavy atom. The van der Waals surface area contributed by atoms with Crippen molar-refractivity contribution in [3.8, 4) is 6.07 Å². The SMILES string of the molecule is CNc1ccc(Nc2cnc(C#N)cn2)cn1. The zero-order valence-corrected chi connectivity index (χ0v) is 9.18. The molecule has 84 valence electrons. The molecule has 0 aliphatic rings. The summed E-state index contributed by atoms with van der Waals surface area (Å²) in [4.78, 5) is 12.1. The van der Waals surface area contributed by atoms with E-state index < -0.39 is 0 Å². The molecule has 0 saturated heterocycles. The monoisotopic (exact) mass is 226 g/mol. The van der Waals surface area contributed by atoms with Crippen molar-refractivity contribution >= 4 is 17.3 Å². The van der Waals surface area contributed by atoms with Crippen molar-refractivity contribution < 1.29 is 0 Å². The predicted molar refractivity (Wildman–Crippen MR) is 63.8 cm³/mol. The first kappa shape index (κ1) is 10.8. The van der Waals surface area contributed by atoms with Crippen LogP contribution in [0.1, 0.15) is 5.69 Å². The normalized spacial score (nSPS) is 9.41. The van der Waals surface area contributed by atoms with E-state index in [1.165, 1.54) is 12.4 Å². The highest BCUT2D eigenvalue weighted by Gasteiger charge is 1.98. The Balaban J connectivity index is 2.11. The fourth-order valence-electron chi connectivity index (χ4n) is 1.21. The number of hydrogen-bond acceptors (Lipinski definition) is 6. The van der Waals surface area contributed by atoms with Crippen molar-refractivity contribution in [1.82, 2.24) is 15.0 Å². The molecule has 0 saturated carbocycles. The van der Waals surface area contributed by atoms with Gasteiger partial charge in [0.25, 0.3) is 0 Å². The summed E-state index contributed by atoms with van der Waals surface area (Å²) < 4.78 is 0. The van der Waals surface area contributed by atoms with Gasteiger partial charge in [-0.3, -0.25) is 0 Å². The fourth-order valence-corrected chi connectivity index (χ4v) is 1.21. The van der Waals surface area contributed by atoms with Gasteiger partial charge >= 0.3 is 0 Å². The van der Waals surface area contributed by atoms with Crippen LogP contribution in [0, 0.1) is 11.3 Å². The molecule has 6 nitrogen and oxygen atoms in total. The lowest BCUT2D eigenvalue weighted by molar-refractivity contribution is 1.16. The number of anilines is 3. The lowest BCUT2D eigenvalue weighted by Gasteiger charge is -2.05. The molecule has 2 rings (SSSR count). The number of aromatic nitrogens is 3. The minimum Gasteiger partial charge on any atom is -0.373 e. The third-order valence-corrected chi connectivity index (χ3v) is 2.06. The topological polar surface area (TPSA) is 86.5 Å². The van der Waals surface area contributed by atoms with Gasteiger partial charge in [-0.1, -0.05) is 0 Å². The molecular formula is C11H10N6. The zero-order chi connectivity index (χ0) is 12.1. The molecule has 0 unspecified atom stereocenters. The molecule has 0 fully saturated rings. The highest BCUT2D eigenvalue weighted by Crippen LogP contribution is 2.13. The summed E-state index contributed by atoms with van der Waals surface area (Å²) in [7, 11) is 1.81. The molecule has 17 heavy (non-hydrogen) atoms. The van der Waals surface area contributed by atoms with Crippen LogP contribution >= 0.6 is 0 Å². The Kier molecular flexibility index (Phi) is 3.12. The van der Waals surface area contributed by atoms with Crippen LogP contribution in [0.25, 0.3) is 0 Å². The zero-order valence-electron chi connectivity index (χ0n) is 9.18. The van der Waals surface area contributed by atoms with Crippen LogP contribution in [0.15, 0.2) is 30.7 Å². The number of pyridine rings is 1. The summed E-state index contributed by atoms with van der Waals surface area (Å²) in [6, 6.07) is 5.63. The summed E-state index contributed by atoms with van der Waals surface area (Å²) in [5.41, 5.74) is 1.10. The fraction of sp³-hybridized carbons (Fsp3) is 0.0909. The van der Waals surface area contributed by atoms with Crippen molar-refractivity contribution in [2.24, 2.45) is 0 Å². The predicted octanol–water partition coefficient (Wildman–Crippen LogP) is 1.53. The van der Waals surface area contributed by atoms with Gasteiger partial charge in [0.05, 0.1) is 24.3 Å². The first-order valence-electron chi connectivity index (χ1n) is 4.95. The van der Waals surface area contributed by atoms with E-state index in [0.717, 1.165) is 11.5 Å². The molecule has 2 aromatic heterocycles. The number of nitrogens with zero attached hydrogens (tertiary/aromatic N) is 4. The van der Waals surface area contributed by atoms with Gasteiger partial charge in [-0.05, 0) is 12.1 Å². The smallest absolute Gasteiger partial charge is 0.158 e. The standard InChI is InChI=1S/C11H10N6/c1-13-10-3-2-8(5-15-10)17-11-7-14-9(4-12)6-16-11/h2-3,5-7H,1H3,(H,13,15)(H,16,17). The lowest BCUT2D eigenvalue weighted by atomic mass is 10.4. The maximum absolute atomic E-state index is 8.59. The van der Waals surface area contributed by atoms with E-state index >= 15 is 0 Å². The van der Waals surface area contributed by atoms with Crippen LogP contribution in [0.2, 0.25) is 0 Å². The molecule has 0 atom stereocenters. The number of nitriles is 1. The van der Waals surface area contributed by atoms with Crippen molar-refractivity contribution in [3.05, 3.63) is 36.4 Å². The van der Waals surface area contributed by atoms with E-state index in [-0.39, 0.29) is 0 Å². The van der Waals surface area contributed by atoms with Crippen LogP contribution in [0.3, 0.4) is 0 Å². The molecule has 0 aliphatic heterocycles. The van der Waals surface area contributed by atoms with E-state index in [4.69, 9.17) is 5.26 Å². The van der Waals surface area contributed by atoms with Crippen LogP contribution in [0.4, 0.5) is 17.3 Å². The van der Waals surface area contributed by atoms with Gasteiger partial charge in [-0.15, -0.1) is 0 Å². The minimum atomic E-state index is 0.291. The van der Waals surface area contributed by atoms with Crippen LogP contribution in [-0.4, -0.2) is 22.0 Å². The third-order valence-electron chi connectivity index (χ3n) is 2.06. The molecule has 6 heteroatoms. The maximum Gasteiger partial charge on any atom is 0.158 e. The molecule has 0 aliphatic carbocycles. The van der Waals surface area contributed by atoms with E-state index in [0.29, 0.717) is 11.5 Å². The highest BCUT2D eigenvalue weighted by atomic mass is 15.0. The average Bonchev–Trinajstić information content (AvgIpc) is 2.40. The van der Waals surface area contributed by atoms with Gasteiger partial charge in [0.2, 0.25) is 0 Å². The Morgan fingerprint density at radius 3 is 2.41 bits per heavy atom. The Labute approximate surface area is 98.4 Å². The van der Waals surface area contributed by atoms with Crippen molar-refractivity contribution in [1.29, 1.82) is 5.26 Å². The summed E-state index contributed by atoms with van der Waals surface area (Å²) >= 11 is 0. The molecule has 2 aromatic rings. The van der Waals surface area contributed by atoms with Gasteiger partial charge in [0, 0.05) is 7.05 Å². The molecule has 0 radical (unpaired) electrons. The van der Waals surface area contributed by atoms with E-state index in [9.17, 15) is 0 Å². The summed E-state index contributed by atoms with van der Waals surface area (Å²) in [6.07, 6.45) is 4.61. The van der Waals surface area contributed by atoms with Crippen molar-refractivity contribution in [2.45, 2.75) is 0 Å². The molecule has 0 aromatic carbocycles. The van der Waals surface area contributed by atoms with Crippen LogP contribution in [0.5, 0.6) is 0 Å². The second-order valence-electron chi connectivity index (χ2n) is 3.21. The first-order valence-corrected chi connectivity index (χ1v) is 4.95. The van der Waals surface area contributed by atoms with Gasteiger partial charge in [0.1, 0.15) is 17.7 Å². The van der Waals surface area contributed by atoms with Gasteiger partial charge in [-0.2, -0.15) is 5.26 Å².